The molecule has 1 aromatic rings. The third-order valence-corrected chi connectivity index (χ3v) is 3.36. The molecule has 0 saturated carbocycles. The number of hydrogen-bond donors (Lipinski definition) is 2. The molecular weight excluding hydrogens is 212 g/mol. The van der Waals surface area contributed by atoms with Gasteiger partial charge in [-0.2, -0.15) is 0 Å². The minimum absolute atomic E-state index is 0.113. The summed E-state index contributed by atoms with van der Waals surface area (Å²) in [5.74, 6) is 0.113. The van der Waals surface area contributed by atoms with E-state index in [9.17, 15) is 13.9 Å². The van der Waals surface area contributed by atoms with Crippen LogP contribution in [0.3, 0.4) is 0 Å². The number of phenolic OH excluding ortho intramolecular Hbond substituents is 1. The van der Waals surface area contributed by atoms with Gasteiger partial charge in [-0.3, -0.25) is 0 Å². The maximum atomic E-state index is 13.3. The molecule has 0 spiro atoms. The molecule has 16 heavy (non-hydrogen) atoms. The number of nitrogens with one attached hydrogen (secondary N) is 1. The third-order valence-electron chi connectivity index (χ3n) is 3.36. The van der Waals surface area contributed by atoms with Crippen LogP contribution in [0.5, 0.6) is 5.75 Å². The van der Waals surface area contributed by atoms with E-state index in [1.54, 1.807) is 12.1 Å². The van der Waals surface area contributed by atoms with Crippen molar-refractivity contribution in [1.29, 1.82) is 0 Å². The van der Waals surface area contributed by atoms with Crippen molar-refractivity contribution < 1.29 is 13.9 Å². The molecule has 0 aromatic heterocycles. The van der Waals surface area contributed by atoms with E-state index in [2.05, 4.69) is 5.32 Å². The number of hydrogen-bond acceptors (Lipinski definition) is 2. The van der Waals surface area contributed by atoms with Crippen LogP contribution in [-0.2, 0) is 5.41 Å². The summed E-state index contributed by atoms with van der Waals surface area (Å²) in [5, 5.41) is 12.3. The fraction of sp³-hybridized carbons (Fsp3) is 0.500. The molecule has 1 saturated heterocycles. The van der Waals surface area contributed by atoms with Gasteiger partial charge in [-0.15, -0.1) is 0 Å². The molecule has 88 valence electrons. The second-order valence-electron chi connectivity index (χ2n) is 4.25. The third kappa shape index (κ3) is 1.89. The first-order valence-corrected chi connectivity index (χ1v) is 5.43. The lowest BCUT2D eigenvalue weighted by Gasteiger charge is -2.37. The van der Waals surface area contributed by atoms with Crippen LogP contribution in [0.15, 0.2) is 24.3 Å². The molecule has 2 N–H and O–H groups in total. The van der Waals surface area contributed by atoms with Crippen LogP contribution < -0.4 is 5.32 Å². The maximum Gasteiger partial charge on any atom is 0.248 e. The lowest BCUT2D eigenvalue weighted by molar-refractivity contribution is 0.0295. The molecule has 0 unspecified atom stereocenters. The van der Waals surface area contributed by atoms with Gasteiger partial charge >= 0.3 is 0 Å². The van der Waals surface area contributed by atoms with E-state index in [1.807, 2.05) is 0 Å². The van der Waals surface area contributed by atoms with E-state index in [4.69, 9.17) is 0 Å². The van der Waals surface area contributed by atoms with Crippen LogP contribution >= 0.6 is 0 Å². The van der Waals surface area contributed by atoms with Crippen molar-refractivity contribution in [3.05, 3.63) is 29.8 Å². The molecule has 4 heteroatoms. The molecule has 2 rings (SSSR count). The summed E-state index contributed by atoms with van der Waals surface area (Å²) < 4.78 is 26.5. The number of phenols is 1. The highest BCUT2D eigenvalue weighted by molar-refractivity contribution is 5.32. The lowest BCUT2D eigenvalue weighted by atomic mass is 9.73. The molecular formula is C12H15F2NO. The summed E-state index contributed by atoms with van der Waals surface area (Å²) >= 11 is 0. The van der Waals surface area contributed by atoms with Crippen LogP contribution in [0.25, 0.3) is 0 Å². The Hall–Kier alpha value is -1.16. The van der Waals surface area contributed by atoms with Gasteiger partial charge < -0.3 is 10.4 Å². The van der Waals surface area contributed by atoms with Crippen LogP contribution in [0.4, 0.5) is 8.78 Å². The summed E-state index contributed by atoms with van der Waals surface area (Å²) in [7, 11) is 0. The Kier molecular flexibility index (Phi) is 3.10. The van der Waals surface area contributed by atoms with Gasteiger partial charge in [0.05, 0.1) is 5.41 Å². The minimum atomic E-state index is -2.36. The van der Waals surface area contributed by atoms with Gasteiger partial charge in [0.1, 0.15) is 5.75 Å². The van der Waals surface area contributed by atoms with Crippen LogP contribution in [0.1, 0.15) is 18.4 Å². The van der Waals surface area contributed by atoms with Gasteiger partial charge in [-0.1, -0.05) is 12.1 Å². The van der Waals surface area contributed by atoms with Crippen molar-refractivity contribution in [1.82, 2.24) is 5.32 Å². The summed E-state index contributed by atoms with van der Waals surface area (Å²) in [6.45, 7) is 1.23. The number of halogens is 2. The van der Waals surface area contributed by atoms with Crippen molar-refractivity contribution in [2.75, 3.05) is 13.1 Å². The molecule has 0 radical (unpaired) electrons. The Morgan fingerprint density at radius 3 is 2.19 bits per heavy atom. The van der Waals surface area contributed by atoms with Crippen molar-refractivity contribution in [2.45, 2.75) is 24.7 Å². The average Bonchev–Trinajstić information content (AvgIpc) is 2.30. The van der Waals surface area contributed by atoms with Crippen molar-refractivity contribution >= 4 is 0 Å². The predicted molar refractivity (Wildman–Crippen MR) is 57.9 cm³/mol. The standard InChI is InChI=1S/C12H15F2NO/c13-11(14)12(5-7-15-8-6-12)9-1-3-10(16)4-2-9/h1-4,11,15-16H,5-8H2. The Morgan fingerprint density at radius 2 is 1.69 bits per heavy atom. The first-order valence-electron chi connectivity index (χ1n) is 5.43. The molecule has 0 aliphatic carbocycles. The zero-order valence-corrected chi connectivity index (χ0v) is 8.92. The van der Waals surface area contributed by atoms with Gasteiger partial charge in [0.2, 0.25) is 6.43 Å². The largest absolute Gasteiger partial charge is 0.508 e. The van der Waals surface area contributed by atoms with E-state index < -0.39 is 11.8 Å². The van der Waals surface area contributed by atoms with Crippen LogP contribution in [-0.4, -0.2) is 24.6 Å². The number of benzene rings is 1. The summed E-state index contributed by atoms with van der Waals surface area (Å²) in [5.41, 5.74) is -0.416. The molecule has 2 nitrogen and oxygen atoms in total. The predicted octanol–water partition coefficient (Wildman–Crippen LogP) is 2.28. The Labute approximate surface area is 93.3 Å². The van der Waals surface area contributed by atoms with Gasteiger partial charge in [0.15, 0.2) is 0 Å². The zero-order chi connectivity index (χ0) is 11.6. The van der Waals surface area contributed by atoms with E-state index in [1.165, 1.54) is 12.1 Å². The Morgan fingerprint density at radius 1 is 1.12 bits per heavy atom. The highest BCUT2D eigenvalue weighted by atomic mass is 19.3. The topological polar surface area (TPSA) is 32.3 Å². The highest BCUT2D eigenvalue weighted by Crippen LogP contribution is 2.39. The second-order valence-corrected chi connectivity index (χ2v) is 4.25. The molecule has 1 heterocycles. The van der Waals surface area contributed by atoms with Gasteiger partial charge in [-0.05, 0) is 43.6 Å². The van der Waals surface area contributed by atoms with Crippen LogP contribution in [0.2, 0.25) is 0 Å². The normalized spacial score (nSPS) is 19.9. The molecule has 0 amide bonds. The zero-order valence-electron chi connectivity index (χ0n) is 8.92. The SMILES string of the molecule is Oc1ccc(C2(C(F)F)CCNCC2)cc1. The molecule has 1 aromatic carbocycles. The van der Waals surface area contributed by atoms with Crippen molar-refractivity contribution in [3.8, 4) is 5.75 Å². The van der Waals surface area contributed by atoms with Gasteiger partial charge in [0.25, 0.3) is 0 Å². The second kappa shape index (κ2) is 4.37. The molecule has 0 atom stereocenters. The maximum absolute atomic E-state index is 13.3. The summed E-state index contributed by atoms with van der Waals surface area (Å²) in [4.78, 5) is 0. The number of rotatable bonds is 2. The smallest absolute Gasteiger partial charge is 0.248 e. The fourth-order valence-corrected chi connectivity index (χ4v) is 2.30. The quantitative estimate of drug-likeness (QED) is 0.812. The van der Waals surface area contributed by atoms with Crippen molar-refractivity contribution in [3.63, 3.8) is 0 Å². The first-order chi connectivity index (χ1) is 7.65. The van der Waals surface area contributed by atoms with Gasteiger partial charge in [-0.25, -0.2) is 8.78 Å². The monoisotopic (exact) mass is 227 g/mol. The van der Waals surface area contributed by atoms with Gasteiger partial charge in [0, 0.05) is 0 Å². The first kappa shape index (κ1) is 11.3. The van der Waals surface area contributed by atoms with E-state index in [-0.39, 0.29) is 5.75 Å². The molecule has 0 bridgehead atoms. The molecule has 1 fully saturated rings. The number of alkyl halides is 2. The molecule has 1 aliphatic heterocycles. The summed E-state index contributed by atoms with van der Waals surface area (Å²) in [6, 6.07) is 6.16. The van der Waals surface area contributed by atoms with Crippen molar-refractivity contribution in [2.24, 2.45) is 0 Å². The Bertz CT molecular complexity index is 345. The Balaban J connectivity index is 2.34. The minimum Gasteiger partial charge on any atom is -0.508 e. The van der Waals surface area contributed by atoms with E-state index >= 15 is 0 Å². The summed E-state index contributed by atoms with van der Waals surface area (Å²) in [6.07, 6.45) is -1.48. The molecule has 1 aliphatic rings. The lowest BCUT2D eigenvalue weighted by Crippen LogP contribution is -2.44. The average molecular weight is 227 g/mol. The number of piperidine rings is 1. The fourth-order valence-electron chi connectivity index (χ4n) is 2.30. The number of aromatic hydroxyl groups is 1. The van der Waals surface area contributed by atoms with E-state index in [0.717, 1.165) is 0 Å². The highest BCUT2D eigenvalue weighted by Gasteiger charge is 2.42. The van der Waals surface area contributed by atoms with Crippen LogP contribution in [0, 0.1) is 0 Å². The van der Waals surface area contributed by atoms with E-state index in [0.29, 0.717) is 31.5 Å².